The van der Waals surface area contributed by atoms with Crippen LogP contribution in [0, 0.1) is 0 Å². The lowest BCUT2D eigenvalue weighted by Crippen LogP contribution is -1.69. The van der Waals surface area contributed by atoms with E-state index in [-0.39, 0.29) is 14.0 Å². The van der Waals surface area contributed by atoms with Gasteiger partial charge in [0.25, 0.3) is 0 Å². The van der Waals surface area contributed by atoms with Crippen molar-refractivity contribution in [3.05, 3.63) is 0 Å². The molecule has 0 amide bonds. The van der Waals surface area contributed by atoms with Gasteiger partial charge in [-0.05, 0) is 13.3 Å². The molecule has 74 valence electrons. The van der Waals surface area contributed by atoms with Gasteiger partial charge in [0.2, 0.25) is 0 Å². The van der Waals surface area contributed by atoms with Crippen LogP contribution in [0.1, 0.15) is 48.0 Å². The smallest absolute Gasteiger partial charge is 0.0428 e. The highest BCUT2D eigenvalue weighted by Gasteiger charge is 1.57. The third kappa shape index (κ3) is 735. The second-order valence-corrected chi connectivity index (χ2v) is 1.75. The number of hydrogen-bond acceptors (Lipinski definition) is 2. The summed E-state index contributed by atoms with van der Waals surface area (Å²) >= 11 is 0. The third-order valence-electron chi connectivity index (χ3n) is 0.224. The zero-order chi connectivity index (χ0) is 8.83. The largest absolute Gasteiger partial charge is 0.397 e. The van der Waals surface area contributed by atoms with Gasteiger partial charge in [-0.1, -0.05) is 34.6 Å². The molecule has 0 aromatic rings. The Morgan fingerprint density at radius 1 is 0.909 bits per heavy atom. The highest BCUT2D eigenvalue weighted by Crippen LogP contribution is 1.61. The molecular weight excluding hydrogens is 140 g/mol. The Kier molecular flexibility index (Phi) is 105. The van der Waals surface area contributed by atoms with Crippen LogP contribution in [-0.2, 0) is 0 Å². The second kappa shape index (κ2) is 51.4. The van der Waals surface area contributed by atoms with Gasteiger partial charge in [0.05, 0.1) is 0 Å². The van der Waals surface area contributed by atoms with Gasteiger partial charge < -0.3 is 10.2 Å². The molecule has 2 N–H and O–H groups in total. The van der Waals surface area contributed by atoms with Crippen molar-refractivity contribution in [3.8, 4) is 0 Å². The maximum atomic E-state index is 7.88. The Morgan fingerprint density at radius 2 is 1.00 bits per heavy atom. The Balaban J connectivity index is -0.0000000325. The zero-order valence-electron chi connectivity index (χ0n) is 7.72. The molecule has 0 aliphatic heterocycles. The normalized spacial score (nSPS) is 6.00. The Hall–Kier alpha value is -0.0800. The standard InChI is InChI=1S/C3H8O.C3H8.C2H6O.CH4/c1-2-3-4;1-3-2;1-2-3;/h4H,2-3H2,1H3;3H2,1-2H3;3H,2H2,1H3;1H4. The van der Waals surface area contributed by atoms with Crippen molar-refractivity contribution in [2.45, 2.75) is 48.0 Å². The van der Waals surface area contributed by atoms with Crippen molar-refractivity contribution >= 4 is 0 Å². The van der Waals surface area contributed by atoms with Crippen molar-refractivity contribution in [1.29, 1.82) is 0 Å². The molecule has 0 aromatic carbocycles. The molecule has 0 rings (SSSR count). The van der Waals surface area contributed by atoms with Gasteiger partial charge in [-0.25, -0.2) is 0 Å². The van der Waals surface area contributed by atoms with E-state index in [1.54, 1.807) is 6.92 Å². The molecule has 0 spiro atoms. The van der Waals surface area contributed by atoms with E-state index in [0.717, 1.165) is 6.42 Å². The van der Waals surface area contributed by atoms with E-state index >= 15 is 0 Å². The molecule has 0 saturated heterocycles. The molecule has 0 saturated carbocycles. The summed E-state index contributed by atoms with van der Waals surface area (Å²) in [5.41, 5.74) is 0. The van der Waals surface area contributed by atoms with Gasteiger partial charge in [-0.2, -0.15) is 0 Å². The van der Waals surface area contributed by atoms with Crippen molar-refractivity contribution in [2.24, 2.45) is 0 Å². The average molecular weight is 166 g/mol. The van der Waals surface area contributed by atoms with Crippen LogP contribution in [0.2, 0.25) is 0 Å². The number of hydrogen-bond donors (Lipinski definition) is 2. The minimum atomic E-state index is 0. The summed E-state index contributed by atoms with van der Waals surface area (Å²) in [6, 6.07) is 0. The molecule has 0 radical (unpaired) electrons. The van der Waals surface area contributed by atoms with Gasteiger partial charge in [-0.15, -0.1) is 0 Å². The summed E-state index contributed by atoms with van der Waals surface area (Å²) in [6.07, 6.45) is 2.12. The molecule has 2 nitrogen and oxygen atoms in total. The lowest BCUT2D eigenvalue weighted by Gasteiger charge is -1.69. The summed E-state index contributed by atoms with van der Waals surface area (Å²) in [7, 11) is 0. The Labute approximate surface area is 72.3 Å². The highest BCUT2D eigenvalue weighted by molar-refractivity contribution is 4.10. The zero-order valence-corrected chi connectivity index (χ0v) is 7.72. The lowest BCUT2D eigenvalue weighted by atomic mass is 10.5. The average Bonchev–Trinajstić information content (AvgIpc) is 1.91. The summed E-state index contributed by atoms with van der Waals surface area (Å²) in [4.78, 5) is 0. The van der Waals surface area contributed by atoms with Gasteiger partial charge in [-0.3, -0.25) is 0 Å². The third-order valence-corrected chi connectivity index (χ3v) is 0.224. The quantitative estimate of drug-likeness (QED) is 0.628. The molecule has 0 aromatic heterocycles. The second-order valence-electron chi connectivity index (χ2n) is 1.75. The maximum Gasteiger partial charge on any atom is 0.0428 e. The molecule has 0 bridgehead atoms. The molecule has 0 fully saturated rings. The van der Waals surface area contributed by atoms with E-state index in [2.05, 4.69) is 13.8 Å². The van der Waals surface area contributed by atoms with Crippen LogP contribution in [-0.4, -0.2) is 23.4 Å². The maximum absolute atomic E-state index is 7.88. The van der Waals surface area contributed by atoms with Gasteiger partial charge in [0, 0.05) is 13.2 Å². The fourth-order valence-electron chi connectivity index (χ4n) is 0. The highest BCUT2D eigenvalue weighted by atomic mass is 16.3. The molecule has 0 unspecified atom stereocenters. The van der Waals surface area contributed by atoms with Crippen molar-refractivity contribution in [3.63, 3.8) is 0 Å². The molecular formula is C9H26O2. The fraction of sp³-hybridized carbons (Fsp3) is 1.00. The van der Waals surface area contributed by atoms with Crippen LogP contribution in [0.15, 0.2) is 0 Å². The minimum Gasteiger partial charge on any atom is -0.397 e. The predicted octanol–water partition coefficient (Wildman–Crippen LogP) is 2.44. The summed E-state index contributed by atoms with van der Waals surface area (Å²) in [6.45, 7) is 8.43. The topological polar surface area (TPSA) is 40.5 Å². The summed E-state index contributed by atoms with van der Waals surface area (Å²) < 4.78 is 0. The number of rotatable bonds is 1. The minimum absolute atomic E-state index is 0. The first-order valence-corrected chi connectivity index (χ1v) is 3.96. The van der Waals surface area contributed by atoms with E-state index in [4.69, 9.17) is 10.2 Å². The molecule has 0 heterocycles. The van der Waals surface area contributed by atoms with Crippen LogP contribution in [0.4, 0.5) is 0 Å². The number of aliphatic hydroxyl groups excluding tert-OH is 2. The van der Waals surface area contributed by atoms with Gasteiger partial charge in [0.15, 0.2) is 0 Å². The van der Waals surface area contributed by atoms with Gasteiger partial charge in [0.1, 0.15) is 0 Å². The van der Waals surface area contributed by atoms with E-state index < -0.39 is 0 Å². The van der Waals surface area contributed by atoms with Crippen molar-refractivity contribution < 1.29 is 10.2 Å². The monoisotopic (exact) mass is 166 g/mol. The molecule has 0 atom stereocenters. The summed E-state index contributed by atoms with van der Waals surface area (Å²) in [5.74, 6) is 0. The first kappa shape index (κ1) is 22.4. The molecule has 0 aliphatic carbocycles. The van der Waals surface area contributed by atoms with Crippen LogP contribution in [0.5, 0.6) is 0 Å². The number of aliphatic hydroxyl groups is 2. The van der Waals surface area contributed by atoms with E-state index in [9.17, 15) is 0 Å². The van der Waals surface area contributed by atoms with Crippen LogP contribution >= 0.6 is 0 Å². The summed E-state index contributed by atoms with van der Waals surface area (Å²) in [5, 5.41) is 15.4. The van der Waals surface area contributed by atoms with Crippen molar-refractivity contribution in [2.75, 3.05) is 13.2 Å². The molecule has 2 heteroatoms. The van der Waals surface area contributed by atoms with Crippen LogP contribution in [0.3, 0.4) is 0 Å². The first-order valence-electron chi connectivity index (χ1n) is 3.96. The first-order chi connectivity index (χ1) is 4.74. The SMILES string of the molecule is C.CCC.CCCO.CCO. The molecule has 11 heavy (non-hydrogen) atoms. The lowest BCUT2D eigenvalue weighted by molar-refractivity contribution is 0.295. The fourth-order valence-corrected chi connectivity index (χ4v) is 0. The van der Waals surface area contributed by atoms with E-state index in [1.165, 1.54) is 6.42 Å². The Morgan fingerprint density at radius 3 is 1.00 bits per heavy atom. The van der Waals surface area contributed by atoms with Gasteiger partial charge >= 0.3 is 0 Å². The van der Waals surface area contributed by atoms with E-state index in [0.29, 0.717) is 6.61 Å². The van der Waals surface area contributed by atoms with Crippen LogP contribution in [0.25, 0.3) is 0 Å². The van der Waals surface area contributed by atoms with Crippen LogP contribution < -0.4 is 0 Å². The molecule has 0 aliphatic rings. The van der Waals surface area contributed by atoms with E-state index in [1.807, 2.05) is 6.92 Å². The van der Waals surface area contributed by atoms with Crippen molar-refractivity contribution in [1.82, 2.24) is 0 Å². The predicted molar refractivity (Wildman–Crippen MR) is 52.8 cm³/mol. The Bertz CT molecular complexity index is 19.5.